The molecule has 0 bridgehead atoms. The number of nitro groups is 1. The number of hydrogen-bond acceptors (Lipinski definition) is 5. The predicted octanol–water partition coefficient (Wildman–Crippen LogP) is 5.74. The first-order valence-corrected chi connectivity index (χ1v) is 11.7. The molecule has 0 radical (unpaired) electrons. The lowest BCUT2D eigenvalue weighted by Crippen LogP contribution is -2.43. The first-order chi connectivity index (χ1) is 16.5. The lowest BCUT2D eigenvalue weighted by molar-refractivity contribution is -0.384. The molecule has 0 aliphatic heterocycles. The molecule has 2 N–H and O–H groups in total. The summed E-state index contributed by atoms with van der Waals surface area (Å²) >= 11 is 0. The molecule has 0 spiro atoms. The first kappa shape index (κ1) is 22.2. The van der Waals surface area contributed by atoms with E-state index in [1.54, 1.807) is 12.1 Å². The summed E-state index contributed by atoms with van der Waals surface area (Å²) in [5.74, 6) is 0.699. The van der Waals surface area contributed by atoms with Crippen molar-refractivity contribution in [1.29, 1.82) is 0 Å². The van der Waals surface area contributed by atoms with Crippen molar-refractivity contribution in [1.82, 2.24) is 5.48 Å². The van der Waals surface area contributed by atoms with Gasteiger partial charge in [0.1, 0.15) is 5.75 Å². The van der Waals surface area contributed by atoms with E-state index in [1.807, 2.05) is 12.1 Å². The number of benzene rings is 3. The standard InChI is InChI=1S/C28H28N2O4/c31-26-12-13-27-22(16-26)8-9-23-17-24(14-15-28(23,27)18-20-4-2-1-3-5-20)29-34-19-21-6-10-25(11-7-21)30(32)33/h1-7,10-13,16-17,23,29,31H,8-9,14-15,18-19H2/t23?,28-/m0/s1. The van der Waals surface area contributed by atoms with E-state index >= 15 is 0 Å². The van der Waals surface area contributed by atoms with Gasteiger partial charge in [-0.3, -0.25) is 20.4 Å². The number of aromatic hydroxyl groups is 1. The average molecular weight is 457 g/mol. The van der Waals surface area contributed by atoms with Crippen LogP contribution in [0, 0.1) is 16.0 Å². The highest BCUT2D eigenvalue weighted by Gasteiger charge is 2.45. The predicted molar refractivity (Wildman–Crippen MR) is 130 cm³/mol. The molecule has 0 aromatic heterocycles. The second-order valence-electron chi connectivity index (χ2n) is 9.31. The minimum Gasteiger partial charge on any atom is -0.508 e. The van der Waals surface area contributed by atoms with E-state index in [0.717, 1.165) is 43.4 Å². The molecule has 5 rings (SSSR count). The summed E-state index contributed by atoms with van der Waals surface area (Å²) in [6.45, 7) is 0.331. The van der Waals surface area contributed by atoms with E-state index in [4.69, 9.17) is 4.84 Å². The summed E-state index contributed by atoms with van der Waals surface area (Å²) < 4.78 is 0. The molecule has 6 nitrogen and oxygen atoms in total. The molecular weight excluding hydrogens is 428 g/mol. The van der Waals surface area contributed by atoms with Crippen LogP contribution in [0.25, 0.3) is 0 Å². The lowest BCUT2D eigenvalue weighted by Gasteiger charge is -2.48. The average Bonchev–Trinajstić information content (AvgIpc) is 2.85. The molecule has 34 heavy (non-hydrogen) atoms. The molecule has 0 fully saturated rings. The number of non-ortho nitro benzene ring substituents is 1. The zero-order chi connectivity index (χ0) is 23.5. The summed E-state index contributed by atoms with van der Waals surface area (Å²) in [6, 6.07) is 22.9. The van der Waals surface area contributed by atoms with Gasteiger partial charge in [-0.15, -0.1) is 0 Å². The SMILES string of the molecule is O=[N+]([O-])c1ccc(CONC2=CC3CCc4cc(O)ccc4[C@]3(Cc3ccccc3)CC2)cc1. The molecule has 3 aromatic rings. The van der Waals surface area contributed by atoms with Gasteiger partial charge in [0, 0.05) is 23.2 Å². The molecule has 6 heteroatoms. The van der Waals surface area contributed by atoms with Crippen molar-refractivity contribution >= 4 is 5.69 Å². The smallest absolute Gasteiger partial charge is 0.269 e. The topological polar surface area (TPSA) is 84.6 Å². The third kappa shape index (κ3) is 4.41. The molecule has 2 atom stereocenters. The number of rotatable bonds is 7. The van der Waals surface area contributed by atoms with E-state index in [1.165, 1.54) is 28.8 Å². The van der Waals surface area contributed by atoms with Gasteiger partial charge in [0.15, 0.2) is 0 Å². The van der Waals surface area contributed by atoms with Crippen LogP contribution in [-0.2, 0) is 29.7 Å². The number of nitrogens with one attached hydrogen (secondary N) is 1. The maximum absolute atomic E-state index is 10.8. The van der Waals surface area contributed by atoms with Crippen LogP contribution in [0.3, 0.4) is 0 Å². The van der Waals surface area contributed by atoms with Crippen LogP contribution < -0.4 is 5.48 Å². The molecule has 0 amide bonds. The van der Waals surface area contributed by atoms with Gasteiger partial charge < -0.3 is 5.11 Å². The van der Waals surface area contributed by atoms with E-state index in [9.17, 15) is 15.2 Å². The lowest BCUT2D eigenvalue weighted by atomic mass is 9.56. The number of nitrogens with zero attached hydrogens (tertiary/aromatic N) is 1. The molecule has 1 unspecified atom stereocenters. The molecule has 0 heterocycles. The maximum atomic E-state index is 10.8. The van der Waals surface area contributed by atoms with Crippen LogP contribution in [0.4, 0.5) is 5.69 Å². The quantitative estimate of drug-likeness (QED) is 0.350. The number of hydrogen-bond donors (Lipinski definition) is 2. The fraction of sp³-hybridized carbons (Fsp3) is 0.286. The van der Waals surface area contributed by atoms with E-state index in [2.05, 4.69) is 48.0 Å². The van der Waals surface area contributed by atoms with Crippen LogP contribution in [0.15, 0.2) is 84.6 Å². The molecule has 3 aromatic carbocycles. The van der Waals surface area contributed by atoms with Crippen molar-refractivity contribution in [2.75, 3.05) is 0 Å². The zero-order valence-corrected chi connectivity index (χ0v) is 18.9. The van der Waals surface area contributed by atoms with E-state index in [-0.39, 0.29) is 11.1 Å². The third-order valence-corrected chi connectivity index (χ3v) is 7.25. The third-order valence-electron chi connectivity index (χ3n) is 7.25. The zero-order valence-electron chi connectivity index (χ0n) is 18.9. The molecule has 0 saturated carbocycles. The highest BCUT2D eigenvalue weighted by molar-refractivity contribution is 5.46. The van der Waals surface area contributed by atoms with Gasteiger partial charge in [0.05, 0.1) is 11.5 Å². The summed E-state index contributed by atoms with van der Waals surface area (Å²) in [5, 5.41) is 20.9. The van der Waals surface area contributed by atoms with E-state index < -0.39 is 4.92 Å². The Morgan fingerprint density at radius 3 is 2.59 bits per heavy atom. The molecular formula is C28H28N2O4. The Balaban J connectivity index is 1.34. The summed E-state index contributed by atoms with van der Waals surface area (Å²) in [6.07, 6.45) is 7.12. The molecule has 0 saturated heterocycles. The van der Waals surface area contributed by atoms with Crippen molar-refractivity contribution in [2.24, 2.45) is 5.92 Å². The van der Waals surface area contributed by atoms with Gasteiger partial charge in [0.2, 0.25) is 0 Å². The second kappa shape index (κ2) is 9.31. The van der Waals surface area contributed by atoms with Gasteiger partial charge >= 0.3 is 0 Å². The number of phenolic OH excluding ortho intramolecular Hbond substituents is 1. The number of aryl methyl sites for hydroxylation is 1. The Bertz CT molecular complexity index is 1210. The number of allylic oxidation sites excluding steroid dienone is 2. The summed E-state index contributed by atoms with van der Waals surface area (Å²) in [4.78, 5) is 16.2. The van der Waals surface area contributed by atoms with Crippen LogP contribution in [0.5, 0.6) is 5.75 Å². The normalized spacial score (nSPS) is 21.2. The maximum Gasteiger partial charge on any atom is 0.269 e. The van der Waals surface area contributed by atoms with Crippen LogP contribution in [0.1, 0.15) is 41.5 Å². The highest BCUT2D eigenvalue weighted by Crippen LogP contribution is 2.51. The molecule has 2 aliphatic carbocycles. The fourth-order valence-electron chi connectivity index (χ4n) is 5.59. The van der Waals surface area contributed by atoms with E-state index in [0.29, 0.717) is 18.3 Å². The number of fused-ring (bicyclic) bond motifs is 3. The van der Waals surface area contributed by atoms with Gasteiger partial charge in [0.25, 0.3) is 5.69 Å². The second-order valence-corrected chi connectivity index (χ2v) is 9.31. The number of nitro benzene ring substituents is 1. The van der Waals surface area contributed by atoms with Crippen molar-refractivity contribution in [3.05, 3.63) is 117 Å². The van der Waals surface area contributed by atoms with Crippen LogP contribution in [0.2, 0.25) is 0 Å². The Hall–Kier alpha value is -3.64. The minimum absolute atomic E-state index is 0.00776. The van der Waals surface area contributed by atoms with Crippen molar-refractivity contribution in [2.45, 2.75) is 44.1 Å². The fourth-order valence-corrected chi connectivity index (χ4v) is 5.59. The van der Waals surface area contributed by atoms with Gasteiger partial charge in [-0.25, -0.2) is 0 Å². The first-order valence-electron chi connectivity index (χ1n) is 11.7. The van der Waals surface area contributed by atoms with Gasteiger partial charge in [-0.05, 0) is 84.5 Å². The minimum atomic E-state index is -0.402. The van der Waals surface area contributed by atoms with Crippen molar-refractivity contribution in [3.63, 3.8) is 0 Å². The van der Waals surface area contributed by atoms with Crippen molar-refractivity contribution in [3.8, 4) is 5.75 Å². The van der Waals surface area contributed by atoms with Crippen LogP contribution in [-0.4, -0.2) is 10.0 Å². The van der Waals surface area contributed by atoms with Gasteiger partial charge in [-0.1, -0.05) is 42.5 Å². The summed E-state index contributed by atoms with van der Waals surface area (Å²) in [7, 11) is 0. The monoisotopic (exact) mass is 456 g/mol. The number of phenols is 1. The summed E-state index contributed by atoms with van der Waals surface area (Å²) in [5.41, 5.74) is 9.10. The van der Waals surface area contributed by atoms with Crippen molar-refractivity contribution < 1.29 is 14.9 Å². The number of hydroxylamine groups is 1. The Labute approximate surface area is 199 Å². The Kier molecular flexibility index (Phi) is 6.07. The van der Waals surface area contributed by atoms with Gasteiger partial charge in [-0.2, -0.15) is 0 Å². The highest BCUT2D eigenvalue weighted by atomic mass is 16.6. The molecule has 174 valence electrons. The Morgan fingerprint density at radius 2 is 1.82 bits per heavy atom. The van der Waals surface area contributed by atoms with Crippen LogP contribution >= 0.6 is 0 Å². The molecule has 2 aliphatic rings. The largest absolute Gasteiger partial charge is 0.508 e. The Morgan fingerprint density at radius 1 is 1.03 bits per heavy atom.